The number of nitrogens with two attached hydrogens (primary N) is 1. The Morgan fingerprint density at radius 2 is 2.35 bits per heavy atom. The molecule has 0 spiro atoms. The molecule has 0 aliphatic carbocycles. The van der Waals surface area contributed by atoms with Gasteiger partial charge in [0.1, 0.15) is 12.4 Å². The number of nitrogens with zero attached hydrogens (tertiary/aromatic N) is 1. The van der Waals surface area contributed by atoms with E-state index in [9.17, 15) is 4.79 Å². The van der Waals surface area contributed by atoms with Crippen LogP contribution in [0.15, 0.2) is 11.8 Å². The van der Waals surface area contributed by atoms with E-state index in [1.54, 1.807) is 6.20 Å². The number of ether oxygens (including phenoxy) is 1. The van der Waals surface area contributed by atoms with Gasteiger partial charge in [0, 0.05) is 6.20 Å². The third-order valence-electron chi connectivity index (χ3n) is 3.17. The van der Waals surface area contributed by atoms with Crippen molar-refractivity contribution < 1.29 is 23.8 Å². The highest BCUT2D eigenvalue weighted by atomic mass is 32.5. The molecule has 5 N–H and O–H groups in total. The Morgan fingerprint density at radius 1 is 1.65 bits per heavy atom. The van der Waals surface area contributed by atoms with Crippen LogP contribution in [0.3, 0.4) is 0 Å². The van der Waals surface area contributed by atoms with Crippen LogP contribution in [0.1, 0.15) is 19.8 Å². The molecule has 2 aliphatic heterocycles. The van der Waals surface area contributed by atoms with Crippen LogP contribution in [0.2, 0.25) is 0 Å². The van der Waals surface area contributed by atoms with Crippen molar-refractivity contribution in [1.82, 2.24) is 10.2 Å². The van der Waals surface area contributed by atoms with Crippen molar-refractivity contribution >= 4 is 24.6 Å². The van der Waals surface area contributed by atoms with Gasteiger partial charge in [-0.15, -0.1) is 0 Å². The van der Waals surface area contributed by atoms with E-state index in [0.717, 1.165) is 5.57 Å². The van der Waals surface area contributed by atoms with Crippen molar-refractivity contribution in [1.29, 1.82) is 0 Å². The predicted molar refractivity (Wildman–Crippen MR) is 74.7 cm³/mol. The summed E-state index contributed by atoms with van der Waals surface area (Å²) in [5.41, 5.74) is 6.53. The van der Waals surface area contributed by atoms with E-state index < -0.39 is 19.1 Å². The normalized spacial score (nSPS) is 31.2. The van der Waals surface area contributed by atoms with Gasteiger partial charge in [0.15, 0.2) is 0 Å². The first kappa shape index (κ1) is 15.8. The Kier molecular flexibility index (Phi) is 4.80. The summed E-state index contributed by atoms with van der Waals surface area (Å²) >= 11 is 4.37. The highest BCUT2D eigenvalue weighted by Gasteiger charge is 2.35. The van der Waals surface area contributed by atoms with Crippen molar-refractivity contribution in [3.8, 4) is 0 Å². The fraction of sp³-hybridized carbons (Fsp3) is 0.700. The largest absolute Gasteiger partial charge is 0.352 e. The summed E-state index contributed by atoms with van der Waals surface area (Å²) in [6, 6.07) is -0.316. The molecule has 0 aromatic heterocycles. The summed E-state index contributed by atoms with van der Waals surface area (Å²) < 4.78 is 10.4. The number of carbonyl (C=O) groups is 1. The molecule has 2 heterocycles. The molecular formula is C10H18N3O5PS. The molecule has 0 aromatic rings. The lowest BCUT2D eigenvalue weighted by Gasteiger charge is -2.32. The molecule has 0 saturated carbocycles. The van der Waals surface area contributed by atoms with Crippen molar-refractivity contribution in [2.45, 2.75) is 38.3 Å². The van der Waals surface area contributed by atoms with E-state index in [2.05, 4.69) is 17.1 Å². The average Bonchev–Trinajstić information content (AvgIpc) is 2.79. The van der Waals surface area contributed by atoms with Crippen LogP contribution < -0.4 is 11.1 Å². The number of urea groups is 1. The van der Waals surface area contributed by atoms with E-state index in [4.69, 9.17) is 24.8 Å². The summed E-state index contributed by atoms with van der Waals surface area (Å²) in [5.74, 6) is 0. The zero-order valence-corrected chi connectivity index (χ0v) is 12.6. The molecule has 2 rings (SSSR count). The average molecular weight is 323 g/mol. The van der Waals surface area contributed by atoms with Gasteiger partial charge in [0.2, 0.25) is 0 Å². The Hall–Kier alpha value is -0.540. The summed E-state index contributed by atoms with van der Waals surface area (Å²) in [4.78, 5) is 31.3. The Morgan fingerprint density at radius 3 is 3.00 bits per heavy atom. The third kappa shape index (κ3) is 3.98. The Labute approximate surface area is 121 Å². The van der Waals surface area contributed by atoms with Crippen molar-refractivity contribution in [2.75, 3.05) is 6.61 Å². The van der Waals surface area contributed by atoms with Gasteiger partial charge in [-0.25, -0.2) is 4.79 Å². The number of nitrogens with one attached hydrogen (secondary N) is 1. The lowest BCUT2D eigenvalue weighted by molar-refractivity contribution is -0.0352. The first-order chi connectivity index (χ1) is 9.26. The van der Waals surface area contributed by atoms with Gasteiger partial charge in [-0.3, -0.25) is 4.90 Å². The maximum Gasteiger partial charge on any atom is 0.325 e. The van der Waals surface area contributed by atoms with E-state index in [1.165, 1.54) is 4.90 Å². The van der Waals surface area contributed by atoms with Gasteiger partial charge >= 0.3 is 12.7 Å². The molecule has 10 heteroatoms. The SMILES string of the molecule is CC1=CN([C@H]2CC[C@@H](COP(O)(O)=S)O2)C(=O)NC1N. The van der Waals surface area contributed by atoms with Gasteiger partial charge in [0.25, 0.3) is 0 Å². The lowest BCUT2D eigenvalue weighted by atomic mass is 10.2. The molecule has 1 saturated heterocycles. The van der Waals surface area contributed by atoms with Crippen LogP contribution in [0.25, 0.3) is 0 Å². The molecule has 0 aromatic carbocycles. The van der Waals surface area contributed by atoms with Crippen molar-refractivity contribution in [3.05, 3.63) is 11.8 Å². The number of hydrogen-bond donors (Lipinski definition) is 4. The van der Waals surface area contributed by atoms with Crippen LogP contribution in [-0.4, -0.2) is 45.8 Å². The van der Waals surface area contributed by atoms with Crippen LogP contribution in [0, 0.1) is 0 Å². The molecule has 8 nitrogen and oxygen atoms in total. The zero-order valence-electron chi connectivity index (χ0n) is 10.9. The molecule has 114 valence electrons. The van der Waals surface area contributed by atoms with Gasteiger partial charge in [0.05, 0.1) is 12.7 Å². The summed E-state index contributed by atoms with van der Waals surface area (Å²) in [5, 5.41) is 2.62. The van der Waals surface area contributed by atoms with E-state index in [0.29, 0.717) is 12.8 Å². The minimum Gasteiger partial charge on any atom is -0.352 e. The molecule has 1 unspecified atom stereocenters. The molecule has 0 bridgehead atoms. The summed E-state index contributed by atoms with van der Waals surface area (Å²) in [7, 11) is 0. The first-order valence-electron chi connectivity index (χ1n) is 6.14. The monoisotopic (exact) mass is 323 g/mol. The van der Waals surface area contributed by atoms with E-state index in [1.807, 2.05) is 6.92 Å². The minimum absolute atomic E-state index is 0.00154. The van der Waals surface area contributed by atoms with Crippen LogP contribution in [0.4, 0.5) is 4.79 Å². The van der Waals surface area contributed by atoms with Gasteiger partial charge in [-0.1, -0.05) is 0 Å². The number of carbonyl (C=O) groups excluding carboxylic acids is 1. The standard InChI is InChI=1S/C10H18N3O5PS/c1-6-4-13(10(14)12-9(6)11)8-3-2-7(18-8)5-17-19(15,16)20/h4,7-9H,2-3,5,11H2,1H3,(H,12,14)(H2,15,16,20)/t7-,8+,9?/m0/s1. The molecule has 2 aliphatic rings. The topological polar surface area (TPSA) is 117 Å². The molecule has 20 heavy (non-hydrogen) atoms. The lowest BCUT2D eigenvalue weighted by Crippen LogP contribution is -2.54. The van der Waals surface area contributed by atoms with Crippen LogP contribution in [-0.2, 0) is 21.1 Å². The molecule has 0 radical (unpaired) electrons. The van der Waals surface area contributed by atoms with Crippen molar-refractivity contribution in [2.24, 2.45) is 5.73 Å². The fourth-order valence-electron chi connectivity index (χ4n) is 2.09. The molecule has 1 fully saturated rings. The third-order valence-corrected chi connectivity index (χ3v) is 3.97. The molecule has 2 amide bonds. The molecule has 3 atom stereocenters. The predicted octanol–water partition coefficient (Wildman–Crippen LogP) is -0.0690. The van der Waals surface area contributed by atoms with Gasteiger partial charge in [-0.2, -0.15) is 0 Å². The zero-order chi connectivity index (χ0) is 14.9. The number of amides is 2. The van der Waals surface area contributed by atoms with E-state index in [-0.39, 0.29) is 18.7 Å². The first-order valence-corrected chi connectivity index (χ1v) is 8.77. The highest BCUT2D eigenvalue weighted by Crippen LogP contribution is 2.37. The minimum atomic E-state index is -3.67. The Balaban J connectivity index is 1.92. The van der Waals surface area contributed by atoms with Gasteiger partial charge in [-0.05, 0) is 37.1 Å². The van der Waals surface area contributed by atoms with Crippen LogP contribution >= 0.6 is 6.72 Å². The Bertz CT molecular complexity index is 468. The number of hydrogen-bond acceptors (Lipinski definition) is 5. The summed E-state index contributed by atoms with van der Waals surface area (Å²) in [6.45, 7) is -1.85. The second-order valence-electron chi connectivity index (χ2n) is 4.78. The highest BCUT2D eigenvalue weighted by molar-refractivity contribution is 8.06. The quantitative estimate of drug-likeness (QED) is 0.535. The second-order valence-corrected chi connectivity index (χ2v) is 7.45. The van der Waals surface area contributed by atoms with Gasteiger partial charge < -0.3 is 30.1 Å². The second kappa shape index (κ2) is 6.07. The maximum atomic E-state index is 11.8. The molecular weight excluding hydrogens is 305 g/mol. The van der Waals surface area contributed by atoms with Crippen LogP contribution in [0.5, 0.6) is 0 Å². The smallest absolute Gasteiger partial charge is 0.325 e. The summed E-state index contributed by atoms with van der Waals surface area (Å²) in [6.07, 6.45) is 1.72. The fourth-order valence-corrected chi connectivity index (χ4v) is 2.63. The maximum absolute atomic E-state index is 11.8. The van der Waals surface area contributed by atoms with Crippen molar-refractivity contribution in [3.63, 3.8) is 0 Å². The number of rotatable bonds is 4. The van der Waals surface area contributed by atoms with E-state index >= 15 is 0 Å².